The fourth-order valence-electron chi connectivity index (χ4n) is 3.89. The van der Waals surface area contributed by atoms with Gasteiger partial charge in [-0.1, -0.05) is 39.2 Å². The number of nitrogens with zero attached hydrogens (tertiary/aromatic N) is 1. The van der Waals surface area contributed by atoms with Crippen LogP contribution in [-0.4, -0.2) is 29.4 Å². The average molecular weight is 388 g/mol. The molecule has 0 unspecified atom stereocenters. The summed E-state index contributed by atoms with van der Waals surface area (Å²) in [5.41, 5.74) is 6.88. The van der Waals surface area contributed by atoms with Gasteiger partial charge in [0.15, 0.2) is 0 Å². The van der Waals surface area contributed by atoms with Crippen molar-refractivity contribution in [3.05, 3.63) is 23.4 Å². The molecular weight excluding hydrogens is 354 g/mol. The van der Waals surface area contributed by atoms with Gasteiger partial charge in [0.05, 0.1) is 6.61 Å². The smallest absolute Gasteiger partial charge is 0.270 e. The predicted octanol–water partition coefficient (Wildman–Crippen LogP) is 3.55. The van der Waals surface area contributed by atoms with Crippen molar-refractivity contribution < 1.29 is 14.3 Å². The molecule has 1 heterocycles. The lowest BCUT2D eigenvalue weighted by molar-refractivity contribution is -0.120. The first-order valence-electron chi connectivity index (χ1n) is 10.3. The molecule has 1 atom stereocenters. The van der Waals surface area contributed by atoms with E-state index in [1.165, 1.54) is 25.7 Å². The van der Waals surface area contributed by atoms with Crippen LogP contribution >= 0.6 is 0 Å². The molecule has 3 N–H and O–H groups in total. The molecule has 6 heteroatoms. The van der Waals surface area contributed by atoms with Crippen LogP contribution in [0, 0.1) is 11.8 Å². The normalized spacial score (nSPS) is 20.3. The number of carbonyl (C=O) groups excluding carboxylic acids is 2. The third-order valence-electron chi connectivity index (χ3n) is 5.98. The number of primary amides is 1. The molecule has 0 saturated heterocycles. The molecule has 4 rings (SSSR count). The zero-order chi connectivity index (χ0) is 18.8. The van der Waals surface area contributed by atoms with Crippen LogP contribution in [0.15, 0.2) is 12.1 Å². The van der Waals surface area contributed by atoms with Gasteiger partial charge in [-0.2, -0.15) is 0 Å². The minimum absolute atomic E-state index is 0. The van der Waals surface area contributed by atoms with Crippen molar-refractivity contribution in [1.82, 2.24) is 10.3 Å². The maximum atomic E-state index is 12.7. The third kappa shape index (κ3) is 5.24. The van der Waals surface area contributed by atoms with Gasteiger partial charge in [-0.15, -0.1) is 0 Å². The highest BCUT2D eigenvalue weighted by molar-refractivity contribution is 5.96. The van der Waals surface area contributed by atoms with Crippen molar-refractivity contribution >= 4 is 11.8 Å². The fraction of sp³-hybridized carbons (Fsp3) is 0.682. The van der Waals surface area contributed by atoms with E-state index in [0.29, 0.717) is 42.4 Å². The monoisotopic (exact) mass is 387 g/mol. The molecule has 0 bridgehead atoms. The Hall–Kier alpha value is -2.11. The van der Waals surface area contributed by atoms with Crippen LogP contribution in [0.4, 0.5) is 0 Å². The molecule has 2 amide bonds. The topological polar surface area (TPSA) is 94.3 Å². The van der Waals surface area contributed by atoms with Gasteiger partial charge in [-0.05, 0) is 55.9 Å². The second-order valence-corrected chi connectivity index (χ2v) is 8.43. The van der Waals surface area contributed by atoms with Crippen LogP contribution in [-0.2, 0) is 4.79 Å². The molecule has 0 aromatic carbocycles. The molecule has 0 spiro atoms. The molecule has 1 aromatic heterocycles. The summed E-state index contributed by atoms with van der Waals surface area (Å²) in [6.45, 7) is 0.670. The molecule has 1 aromatic rings. The van der Waals surface area contributed by atoms with Crippen molar-refractivity contribution in [2.24, 2.45) is 17.6 Å². The molecule has 154 valence electrons. The van der Waals surface area contributed by atoms with E-state index in [2.05, 4.69) is 10.3 Å². The lowest BCUT2D eigenvalue weighted by Crippen LogP contribution is -2.45. The Balaban J connectivity index is 0.00000225. The van der Waals surface area contributed by atoms with E-state index in [4.69, 9.17) is 10.5 Å². The number of rotatable bonds is 9. The maximum Gasteiger partial charge on any atom is 0.270 e. The summed E-state index contributed by atoms with van der Waals surface area (Å²) in [4.78, 5) is 28.9. The van der Waals surface area contributed by atoms with Crippen molar-refractivity contribution in [3.8, 4) is 5.88 Å². The van der Waals surface area contributed by atoms with E-state index in [-0.39, 0.29) is 13.3 Å². The van der Waals surface area contributed by atoms with E-state index < -0.39 is 11.9 Å². The highest BCUT2D eigenvalue weighted by atomic mass is 16.5. The molecular formula is C22H33N3O3. The Labute approximate surface area is 167 Å². The SMILES string of the molecule is C.NC(=O)[C@H](CC1CC1)NC(=O)c1ccc(C2CCCC2)c(OCC2CC2)n1. The molecule has 3 aliphatic rings. The number of carbonyl (C=O) groups is 2. The van der Waals surface area contributed by atoms with Gasteiger partial charge in [0.25, 0.3) is 5.91 Å². The Kier molecular flexibility index (Phi) is 6.57. The summed E-state index contributed by atoms with van der Waals surface area (Å²) in [6.07, 6.45) is 10.0. The van der Waals surface area contributed by atoms with Crippen molar-refractivity contribution in [1.29, 1.82) is 0 Å². The van der Waals surface area contributed by atoms with Gasteiger partial charge in [0.1, 0.15) is 11.7 Å². The van der Waals surface area contributed by atoms with Crippen molar-refractivity contribution in [2.45, 2.75) is 77.2 Å². The molecule has 0 radical (unpaired) electrons. The number of nitrogens with two attached hydrogens (primary N) is 1. The first-order chi connectivity index (χ1) is 13.1. The number of amides is 2. The maximum absolute atomic E-state index is 12.7. The van der Waals surface area contributed by atoms with Gasteiger partial charge in [0, 0.05) is 5.56 Å². The van der Waals surface area contributed by atoms with Gasteiger partial charge in [0.2, 0.25) is 11.8 Å². The summed E-state index contributed by atoms with van der Waals surface area (Å²) >= 11 is 0. The van der Waals surface area contributed by atoms with E-state index in [9.17, 15) is 9.59 Å². The second kappa shape index (κ2) is 8.93. The Bertz CT molecular complexity index is 707. The highest BCUT2D eigenvalue weighted by Gasteiger charge is 2.30. The number of nitrogens with one attached hydrogen (secondary N) is 1. The molecule has 3 saturated carbocycles. The van der Waals surface area contributed by atoms with E-state index in [1.807, 2.05) is 6.07 Å². The first-order valence-corrected chi connectivity index (χ1v) is 10.3. The Morgan fingerprint density at radius 1 is 1.11 bits per heavy atom. The zero-order valence-corrected chi connectivity index (χ0v) is 15.8. The number of hydrogen-bond donors (Lipinski definition) is 2. The second-order valence-electron chi connectivity index (χ2n) is 8.43. The number of ether oxygens (including phenoxy) is 1. The minimum atomic E-state index is -0.628. The van der Waals surface area contributed by atoms with Gasteiger partial charge in [-0.25, -0.2) is 4.98 Å². The lowest BCUT2D eigenvalue weighted by atomic mass is 9.98. The summed E-state index contributed by atoms with van der Waals surface area (Å²) in [5.74, 6) is 1.35. The number of pyridine rings is 1. The molecule has 3 aliphatic carbocycles. The number of hydrogen-bond acceptors (Lipinski definition) is 4. The quantitative estimate of drug-likeness (QED) is 0.677. The predicted molar refractivity (Wildman–Crippen MR) is 108 cm³/mol. The van der Waals surface area contributed by atoms with Crippen LogP contribution in [0.25, 0.3) is 0 Å². The van der Waals surface area contributed by atoms with Crippen molar-refractivity contribution in [3.63, 3.8) is 0 Å². The molecule has 3 fully saturated rings. The standard InChI is InChI=1S/C21H29N3O3.CH4/c22-19(25)18(11-13-5-6-13)23-20(26)17-10-9-16(15-3-1-2-4-15)21(24-17)27-12-14-7-8-14;/h9-10,13-15,18H,1-8,11-12H2,(H2,22,25)(H,23,26);1H4/t18-;/m0./s1. The largest absolute Gasteiger partial charge is 0.477 e. The molecule has 6 nitrogen and oxygen atoms in total. The van der Waals surface area contributed by atoms with Crippen LogP contribution in [0.3, 0.4) is 0 Å². The summed E-state index contributed by atoms with van der Waals surface area (Å²) in [7, 11) is 0. The molecule has 0 aliphatic heterocycles. The summed E-state index contributed by atoms with van der Waals surface area (Å²) < 4.78 is 6.01. The summed E-state index contributed by atoms with van der Waals surface area (Å²) in [5, 5.41) is 2.77. The van der Waals surface area contributed by atoms with Crippen LogP contribution in [0.1, 0.15) is 87.2 Å². The van der Waals surface area contributed by atoms with E-state index in [0.717, 1.165) is 31.2 Å². The zero-order valence-electron chi connectivity index (χ0n) is 15.8. The van der Waals surface area contributed by atoms with Gasteiger partial charge >= 0.3 is 0 Å². The van der Waals surface area contributed by atoms with Gasteiger partial charge < -0.3 is 15.8 Å². The van der Waals surface area contributed by atoms with E-state index in [1.54, 1.807) is 6.07 Å². The highest BCUT2D eigenvalue weighted by Crippen LogP contribution is 2.39. The van der Waals surface area contributed by atoms with Crippen LogP contribution < -0.4 is 15.8 Å². The summed E-state index contributed by atoms with van der Waals surface area (Å²) in [6, 6.07) is 3.11. The van der Waals surface area contributed by atoms with Crippen molar-refractivity contribution in [2.75, 3.05) is 6.61 Å². The third-order valence-corrected chi connectivity index (χ3v) is 5.98. The first kappa shape index (κ1) is 20.6. The minimum Gasteiger partial charge on any atom is -0.477 e. The lowest BCUT2D eigenvalue weighted by Gasteiger charge is -2.18. The molecule has 28 heavy (non-hydrogen) atoms. The van der Waals surface area contributed by atoms with Gasteiger partial charge in [-0.3, -0.25) is 9.59 Å². The van der Waals surface area contributed by atoms with Crippen LogP contribution in [0.5, 0.6) is 5.88 Å². The Morgan fingerprint density at radius 2 is 1.79 bits per heavy atom. The Morgan fingerprint density at radius 3 is 2.39 bits per heavy atom. The van der Waals surface area contributed by atoms with E-state index >= 15 is 0 Å². The van der Waals surface area contributed by atoms with Crippen LogP contribution in [0.2, 0.25) is 0 Å². The number of aromatic nitrogens is 1. The average Bonchev–Trinajstić information content (AvgIpc) is 3.59. The fourth-order valence-corrected chi connectivity index (χ4v) is 3.89.